The molecule has 0 fully saturated rings. The smallest absolute Gasteiger partial charge is 0.265 e. The van der Waals surface area contributed by atoms with E-state index in [2.05, 4.69) is 12.3 Å². The van der Waals surface area contributed by atoms with Crippen molar-refractivity contribution >= 4 is 5.91 Å². The average Bonchev–Trinajstić information content (AvgIpc) is 2.16. The third kappa shape index (κ3) is 2.80. The summed E-state index contributed by atoms with van der Waals surface area (Å²) in [6, 6.07) is 5.81. The van der Waals surface area contributed by atoms with Gasteiger partial charge in [0.15, 0.2) is 0 Å². The van der Waals surface area contributed by atoms with Crippen LogP contribution in [0.1, 0.15) is 28.4 Å². The summed E-state index contributed by atoms with van der Waals surface area (Å²) >= 11 is 0. The second kappa shape index (κ2) is 4.94. The van der Waals surface area contributed by atoms with Gasteiger partial charge >= 0.3 is 0 Å². The van der Waals surface area contributed by atoms with Crippen LogP contribution in [0.15, 0.2) is 18.2 Å². The molecule has 1 aromatic rings. The van der Waals surface area contributed by atoms with Crippen LogP contribution in [0.2, 0.25) is 0 Å². The monoisotopic (exact) mass is 206 g/mol. The van der Waals surface area contributed by atoms with Gasteiger partial charge in [-0.15, -0.1) is 0 Å². The Hall–Kier alpha value is -1.35. The van der Waals surface area contributed by atoms with E-state index in [4.69, 9.17) is 0 Å². The fourth-order valence-corrected chi connectivity index (χ4v) is 1.65. The molecule has 0 saturated heterocycles. The van der Waals surface area contributed by atoms with Gasteiger partial charge in [-0.25, -0.2) is 5.01 Å². The van der Waals surface area contributed by atoms with E-state index in [-0.39, 0.29) is 5.91 Å². The Morgan fingerprint density at radius 2 is 2.07 bits per heavy atom. The first kappa shape index (κ1) is 11.7. The summed E-state index contributed by atoms with van der Waals surface area (Å²) in [7, 11) is 3.61. The number of carbonyl (C=O) groups is 1. The standard InChI is InChI=1S/C12H18N2O/c1-5-10-9(2)7-6-8-11(10)12(15)13-14(3)4/h6-8H,5H2,1-4H3,(H,13,15). The van der Waals surface area contributed by atoms with Crippen molar-refractivity contribution < 1.29 is 4.79 Å². The maximum absolute atomic E-state index is 11.8. The third-order valence-electron chi connectivity index (χ3n) is 2.33. The van der Waals surface area contributed by atoms with E-state index < -0.39 is 0 Å². The molecule has 1 rings (SSSR count). The molecule has 0 bridgehead atoms. The lowest BCUT2D eigenvalue weighted by Gasteiger charge is -2.15. The van der Waals surface area contributed by atoms with Gasteiger partial charge in [0.05, 0.1) is 0 Å². The molecule has 0 spiro atoms. The number of nitrogens with one attached hydrogen (secondary N) is 1. The minimum atomic E-state index is -0.0412. The summed E-state index contributed by atoms with van der Waals surface area (Å²) in [6.45, 7) is 4.10. The summed E-state index contributed by atoms with van der Waals surface area (Å²) in [6.07, 6.45) is 0.878. The first-order chi connectivity index (χ1) is 7.06. The van der Waals surface area contributed by atoms with Crippen LogP contribution in [0, 0.1) is 6.92 Å². The van der Waals surface area contributed by atoms with Crippen molar-refractivity contribution in [1.29, 1.82) is 0 Å². The molecule has 0 heterocycles. The molecule has 0 aromatic heterocycles. The summed E-state index contributed by atoms with van der Waals surface area (Å²) in [5.41, 5.74) is 5.82. The van der Waals surface area contributed by atoms with E-state index in [1.807, 2.05) is 25.1 Å². The predicted molar refractivity (Wildman–Crippen MR) is 61.7 cm³/mol. The summed E-state index contributed by atoms with van der Waals surface area (Å²) in [5, 5.41) is 1.66. The Morgan fingerprint density at radius 3 is 2.60 bits per heavy atom. The molecule has 82 valence electrons. The average molecular weight is 206 g/mol. The Morgan fingerprint density at radius 1 is 1.40 bits per heavy atom. The van der Waals surface area contributed by atoms with Gasteiger partial charge in [-0.3, -0.25) is 10.2 Å². The van der Waals surface area contributed by atoms with Gasteiger partial charge < -0.3 is 0 Å². The second-order valence-corrected chi connectivity index (χ2v) is 3.79. The highest BCUT2D eigenvalue weighted by Gasteiger charge is 2.11. The summed E-state index contributed by atoms with van der Waals surface area (Å²) in [5.74, 6) is -0.0412. The molecule has 0 saturated carbocycles. The van der Waals surface area contributed by atoms with Gasteiger partial charge in [-0.1, -0.05) is 19.1 Å². The van der Waals surface area contributed by atoms with Crippen molar-refractivity contribution in [2.45, 2.75) is 20.3 Å². The Kier molecular flexibility index (Phi) is 3.86. The van der Waals surface area contributed by atoms with Crippen LogP contribution < -0.4 is 5.43 Å². The minimum absolute atomic E-state index is 0.0412. The molecular weight excluding hydrogens is 188 g/mol. The van der Waals surface area contributed by atoms with Crippen LogP contribution in [-0.4, -0.2) is 25.0 Å². The lowest BCUT2D eigenvalue weighted by molar-refractivity contribution is 0.0856. The first-order valence-corrected chi connectivity index (χ1v) is 5.13. The van der Waals surface area contributed by atoms with Gasteiger partial charge in [-0.05, 0) is 30.5 Å². The van der Waals surface area contributed by atoms with E-state index in [9.17, 15) is 4.79 Å². The van der Waals surface area contributed by atoms with Gasteiger partial charge in [0.1, 0.15) is 0 Å². The Balaban J connectivity index is 3.03. The topological polar surface area (TPSA) is 32.3 Å². The molecule has 0 aliphatic carbocycles. The Labute approximate surface area is 91.1 Å². The fraction of sp³-hybridized carbons (Fsp3) is 0.417. The number of amides is 1. The Bertz CT molecular complexity index is 359. The van der Waals surface area contributed by atoms with Crippen molar-refractivity contribution in [2.24, 2.45) is 0 Å². The third-order valence-corrected chi connectivity index (χ3v) is 2.33. The zero-order valence-electron chi connectivity index (χ0n) is 9.79. The molecule has 0 atom stereocenters. The molecule has 1 N–H and O–H groups in total. The lowest BCUT2D eigenvalue weighted by Crippen LogP contribution is -2.36. The van der Waals surface area contributed by atoms with E-state index >= 15 is 0 Å². The van der Waals surface area contributed by atoms with Gasteiger partial charge in [-0.2, -0.15) is 0 Å². The summed E-state index contributed by atoms with van der Waals surface area (Å²) in [4.78, 5) is 11.8. The molecule has 0 radical (unpaired) electrons. The van der Waals surface area contributed by atoms with Crippen LogP contribution in [0.4, 0.5) is 0 Å². The lowest BCUT2D eigenvalue weighted by atomic mass is 9.99. The molecule has 0 aliphatic heterocycles. The molecule has 1 amide bonds. The number of hydrogen-bond acceptors (Lipinski definition) is 2. The zero-order chi connectivity index (χ0) is 11.4. The molecule has 0 unspecified atom stereocenters. The van der Waals surface area contributed by atoms with Crippen LogP contribution in [0.25, 0.3) is 0 Å². The number of hydrazine groups is 1. The number of benzene rings is 1. The number of carbonyl (C=O) groups excluding carboxylic acids is 1. The van der Waals surface area contributed by atoms with E-state index in [0.717, 1.165) is 17.5 Å². The first-order valence-electron chi connectivity index (χ1n) is 5.13. The molecule has 3 heteroatoms. The fourth-order valence-electron chi connectivity index (χ4n) is 1.65. The molecular formula is C12H18N2O. The van der Waals surface area contributed by atoms with Crippen LogP contribution >= 0.6 is 0 Å². The SMILES string of the molecule is CCc1c(C)cccc1C(=O)NN(C)C. The predicted octanol–water partition coefficient (Wildman–Crippen LogP) is 1.76. The van der Waals surface area contributed by atoms with Crippen molar-refractivity contribution in [1.82, 2.24) is 10.4 Å². The number of rotatable bonds is 3. The van der Waals surface area contributed by atoms with Crippen LogP contribution in [-0.2, 0) is 6.42 Å². The van der Waals surface area contributed by atoms with E-state index in [1.54, 1.807) is 19.1 Å². The quantitative estimate of drug-likeness (QED) is 0.764. The highest BCUT2D eigenvalue weighted by atomic mass is 16.2. The minimum Gasteiger partial charge on any atom is -0.285 e. The van der Waals surface area contributed by atoms with Crippen molar-refractivity contribution in [3.8, 4) is 0 Å². The van der Waals surface area contributed by atoms with Crippen molar-refractivity contribution in [3.63, 3.8) is 0 Å². The molecule has 3 nitrogen and oxygen atoms in total. The maximum Gasteiger partial charge on any atom is 0.265 e. The number of hydrogen-bond donors (Lipinski definition) is 1. The number of aryl methyl sites for hydroxylation is 1. The largest absolute Gasteiger partial charge is 0.285 e. The van der Waals surface area contributed by atoms with Crippen LogP contribution in [0.3, 0.4) is 0 Å². The maximum atomic E-state index is 11.8. The molecule has 0 aliphatic rings. The molecule has 15 heavy (non-hydrogen) atoms. The van der Waals surface area contributed by atoms with E-state index in [1.165, 1.54) is 5.56 Å². The molecule has 1 aromatic carbocycles. The van der Waals surface area contributed by atoms with Gasteiger partial charge in [0, 0.05) is 19.7 Å². The highest BCUT2D eigenvalue weighted by molar-refractivity contribution is 5.95. The normalized spacial score (nSPS) is 10.5. The summed E-state index contributed by atoms with van der Waals surface area (Å²) < 4.78 is 0. The highest BCUT2D eigenvalue weighted by Crippen LogP contribution is 2.14. The number of nitrogens with zero attached hydrogens (tertiary/aromatic N) is 1. The van der Waals surface area contributed by atoms with Gasteiger partial charge in [0.2, 0.25) is 0 Å². The second-order valence-electron chi connectivity index (χ2n) is 3.79. The van der Waals surface area contributed by atoms with Gasteiger partial charge in [0.25, 0.3) is 5.91 Å². The van der Waals surface area contributed by atoms with E-state index in [0.29, 0.717) is 0 Å². The van der Waals surface area contributed by atoms with Crippen molar-refractivity contribution in [3.05, 3.63) is 34.9 Å². The zero-order valence-corrected chi connectivity index (χ0v) is 9.79. The van der Waals surface area contributed by atoms with Crippen molar-refractivity contribution in [2.75, 3.05) is 14.1 Å². The van der Waals surface area contributed by atoms with Crippen LogP contribution in [0.5, 0.6) is 0 Å².